The molecule has 6 nitrogen and oxygen atoms in total. The highest BCUT2D eigenvalue weighted by Gasteiger charge is 1.96. The van der Waals surface area contributed by atoms with Gasteiger partial charge < -0.3 is 19.9 Å². The molecule has 0 fully saturated rings. The fourth-order valence-electron chi connectivity index (χ4n) is 1.27. The quantitative estimate of drug-likeness (QED) is 0.386. The summed E-state index contributed by atoms with van der Waals surface area (Å²) in [7, 11) is 0. The first-order valence-corrected chi connectivity index (χ1v) is 6.44. The molecule has 0 saturated heterocycles. The summed E-state index contributed by atoms with van der Waals surface area (Å²) in [4.78, 5) is 21.0. The summed E-state index contributed by atoms with van der Waals surface area (Å²) >= 11 is 0. The fourth-order valence-corrected chi connectivity index (χ4v) is 1.27. The summed E-state index contributed by atoms with van der Waals surface area (Å²) in [6, 6.07) is 0. The zero-order valence-corrected chi connectivity index (χ0v) is 11.2. The Labute approximate surface area is 113 Å². The van der Waals surface area contributed by atoms with Gasteiger partial charge >= 0.3 is 5.97 Å². The van der Waals surface area contributed by atoms with E-state index in [0.717, 1.165) is 19.3 Å². The summed E-state index contributed by atoms with van der Waals surface area (Å²) in [5, 5.41) is 11.0. The monoisotopic (exact) mass is 273 g/mol. The van der Waals surface area contributed by atoms with Crippen LogP contribution in [-0.4, -0.2) is 50.0 Å². The van der Waals surface area contributed by atoms with Crippen molar-refractivity contribution in [1.82, 2.24) is 5.32 Å². The largest absolute Gasteiger partial charge is 0.481 e. The maximum Gasteiger partial charge on any atom is 0.305 e. The van der Waals surface area contributed by atoms with Gasteiger partial charge in [0.2, 0.25) is 5.91 Å². The Morgan fingerprint density at radius 2 is 1.68 bits per heavy atom. The van der Waals surface area contributed by atoms with Crippen LogP contribution in [-0.2, 0) is 19.1 Å². The van der Waals surface area contributed by atoms with Gasteiger partial charge in [-0.1, -0.05) is 6.58 Å². The van der Waals surface area contributed by atoms with Crippen LogP contribution in [0.15, 0.2) is 12.7 Å². The molecular weight excluding hydrogens is 250 g/mol. The van der Waals surface area contributed by atoms with Gasteiger partial charge in [0.25, 0.3) is 0 Å². The number of rotatable bonds is 13. The van der Waals surface area contributed by atoms with Crippen molar-refractivity contribution in [1.29, 1.82) is 0 Å². The zero-order valence-electron chi connectivity index (χ0n) is 11.2. The highest BCUT2D eigenvalue weighted by molar-refractivity contribution is 5.86. The van der Waals surface area contributed by atoms with Crippen molar-refractivity contribution in [3.63, 3.8) is 0 Å². The van der Waals surface area contributed by atoms with Crippen molar-refractivity contribution >= 4 is 11.9 Å². The Bertz CT molecular complexity index is 268. The lowest BCUT2D eigenvalue weighted by molar-refractivity contribution is -0.138. The van der Waals surface area contributed by atoms with Gasteiger partial charge in [0.05, 0.1) is 19.6 Å². The van der Waals surface area contributed by atoms with Crippen molar-refractivity contribution < 1.29 is 24.2 Å². The lowest BCUT2D eigenvalue weighted by Crippen LogP contribution is -2.25. The number of carbonyl (C=O) groups is 2. The number of nitrogens with one attached hydrogen (secondary N) is 1. The minimum Gasteiger partial charge on any atom is -0.481 e. The van der Waals surface area contributed by atoms with E-state index in [2.05, 4.69) is 11.9 Å². The van der Waals surface area contributed by atoms with E-state index in [9.17, 15) is 9.59 Å². The standard InChI is InChI=1S/C13H23NO5/c1-2-12(15)14-7-11-19-9-5-3-4-8-18-10-6-13(16)17/h2H,1,3-11H2,(H,14,15)(H,16,17). The third-order valence-electron chi connectivity index (χ3n) is 2.27. The second kappa shape index (κ2) is 13.0. The minimum absolute atomic E-state index is 0.0551. The van der Waals surface area contributed by atoms with E-state index in [4.69, 9.17) is 14.6 Å². The van der Waals surface area contributed by atoms with Gasteiger partial charge in [0.15, 0.2) is 0 Å². The van der Waals surface area contributed by atoms with E-state index < -0.39 is 5.97 Å². The number of amides is 1. The highest BCUT2D eigenvalue weighted by atomic mass is 16.5. The molecule has 0 aromatic rings. The Kier molecular flexibility index (Phi) is 12.1. The van der Waals surface area contributed by atoms with E-state index in [1.165, 1.54) is 6.08 Å². The maximum atomic E-state index is 10.8. The summed E-state index contributed by atoms with van der Waals surface area (Å²) in [6.45, 7) is 5.84. The van der Waals surface area contributed by atoms with Crippen LogP contribution in [0.25, 0.3) is 0 Å². The van der Waals surface area contributed by atoms with Gasteiger partial charge in [-0.25, -0.2) is 0 Å². The number of carbonyl (C=O) groups excluding carboxylic acids is 1. The second-order valence-corrected chi connectivity index (χ2v) is 3.92. The summed E-state index contributed by atoms with van der Waals surface area (Å²) in [5.74, 6) is -1.03. The lowest BCUT2D eigenvalue weighted by Gasteiger charge is -2.05. The fraction of sp³-hybridized carbons (Fsp3) is 0.692. The van der Waals surface area contributed by atoms with Gasteiger partial charge in [0.1, 0.15) is 0 Å². The van der Waals surface area contributed by atoms with Crippen LogP contribution in [0.1, 0.15) is 25.7 Å². The van der Waals surface area contributed by atoms with Crippen molar-refractivity contribution in [3.05, 3.63) is 12.7 Å². The van der Waals surface area contributed by atoms with Crippen LogP contribution in [0.5, 0.6) is 0 Å². The van der Waals surface area contributed by atoms with Crippen molar-refractivity contribution in [2.75, 3.05) is 33.0 Å². The van der Waals surface area contributed by atoms with E-state index >= 15 is 0 Å². The number of aliphatic carboxylic acids is 1. The van der Waals surface area contributed by atoms with Crippen molar-refractivity contribution in [3.8, 4) is 0 Å². The zero-order chi connectivity index (χ0) is 14.3. The summed E-state index contributed by atoms with van der Waals surface area (Å²) in [6.07, 6.45) is 4.09. The topological polar surface area (TPSA) is 84.9 Å². The first kappa shape index (κ1) is 17.6. The summed E-state index contributed by atoms with van der Waals surface area (Å²) in [5.41, 5.74) is 0. The van der Waals surface area contributed by atoms with Crippen LogP contribution in [0, 0.1) is 0 Å². The van der Waals surface area contributed by atoms with Crippen LogP contribution >= 0.6 is 0 Å². The van der Waals surface area contributed by atoms with Gasteiger partial charge in [-0.3, -0.25) is 9.59 Å². The van der Waals surface area contributed by atoms with Crippen LogP contribution in [0.4, 0.5) is 0 Å². The highest BCUT2D eigenvalue weighted by Crippen LogP contribution is 1.97. The summed E-state index contributed by atoms with van der Waals surface area (Å²) < 4.78 is 10.5. The van der Waals surface area contributed by atoms with Crippen molar-refractivity contribution in [2.45, 2.75) is 25.7 Å². The Morgan fingerprint density at radius 3 is 2.26 bits per heavy atom. The maximum absolute atomic E-state index is 10.8. The Morgan fingerprint density at radius 1 is 1.05 bits per heavy atom. The third-order valence-corrected chi connectivity index (χ3v) is 2.27. The Balaban J connectivity index is 3.05. The minimum atomic E-state index is -0.836. The average Bonchev–Trinajstić information content (AvgIpc) is 2.39. The SMILES string of the molecule is C=CC(=O)NCCOCCCCCOCCC(=O)O. The molecule has 1 amide bonds. The number of hydrogen-bond acceptors (Lipinski definition) is 4. The number of unbranched alkanes of at least 4 members (excludes halogenated alkanes) is 2. The molecule has 0 aliphatic rings. The number of ether oxygens (including phenoxy) is 2. The van der Waals surface area contributed by atoms with E-state index in [-0.39, 0.29) is 18.9 Å². The first-order valence-electron chi connectivity index (χ1n) is 6.44. The van der Waals surface area contributed by atoms with Crippen LogP contribution in [0.2, 0.25) is 0 Å². The molecule has 0 unspecified atom stereocenters. The number of carboxylic acids is 1. The molecule has 0 aliphatic heterocycles. The number of hydrogen-bond donors (Lipinski definition) is 2. The molecule has 110 valence electrons. The molecule has 6 heteroatoms. The van der Waals surface area contributed by atoms with E-state index in [1.54, 1.807) is 0 Å². The third kappa shape index (κ3) is 14.5. The molecule has 0 aliphatic carbocycles. The first-order chi connectivity index (χ1) is 9.16. The molecular formula is C13H23NO5. The molecule has 0 aromatic carbocycles. The molecule has 0 aromatic heterocycles. The lowest BCUT2D eigenvalue weighted by atomic mass is 10.2. The predicted octanol–water partition coefficient (Wildman–Crippen LogP) is 0.967. The average molecular weight is 273 g/mol. The molecule has 0 radical (unpaired) electrons. The normalized spacial score (nSPS) is 10.1. The van der Waals surface area contributed by atoms with Crippen LogP contribution < -0.4 is 5.32 Å². The van der Waals surface area contributed by atoms with Crippen LogP contribution in [0.3, 0.4) is 0 Å². The van der Waals surface area contributed by atoms with Gasteiger partial charge in [-0.15, -0.1) is 0 Å². The molecule has 0 spiro atoms. The number of carboxylic acid groups (broad SMARTS) is 1. The second-order valence-electron chi connectivity index (χ2n) is 3.92. The van der Waals surface area contributed by atoms with Crippen molar-refractivity contribution in [2.24, 2.45) is 0 Å². The van der Waals surface area contributed by atoms with E-state index in [1.807, 2.05) is 0 Å². The molecule has 2 N–H and O–H groups in total. The van der Waals surface area contributed by atoms with Gasteiger partial charge in [-0.2, -0.15) is 0 Å². The molecule has 0 rings (SSSR count). The van der Waals surface area contributed by atoms with E-state index in [0.29, 0.717) is 26.4 Å². The smallest absolute Gasteiger partial charge is 0.305 e. The molecule has 0 atom stereocenters. The predicted molar refractivity (Wildman–Crippen MR) is 70.9 cm³/mol. The molecule has 0 saturated carbocycles. The molecule has 19 heavy (non-hydrogen) atoms. The molecule has 0 bridgehead atoms. The molecule has 0 heterocycles. The van der Waals surface area contributed by atoms with Gasteiger partial charge in [0, 0.05) is 19.8 Å². The van der Waals surface area contributed by atoms with Gasteiger partial charge in [-0.05, 0) is 25.3 Å². The Hall–Kier alpha value is -1.40.